The lowest BCUT2D eigenvalue weighted by Crippen LogP contribution is -1.86. The van der Waals surface area contributed by atoms with Gasteiger partial charge in [0.25, 0.3) is 0 Å². The second-order valence-corrected chi connectivity index (χ2v) is 4.29. The van der Waals surface area contributed by atoms with Gasteiger partial charge in [-0.3, -0.25) is 4.98 Å². The highest BCUT2D eigenvalue weighted by Crippen LogP contribution is 2.14. The van der Waals surface area contributed by atoms with Gasteiger partial charge >= 0.3 is 0 Å². The first-order valence-corrected chi connectivity index (χ1v) is 5.95. The van der Waals surface area contributed by atoms with E-state index in [1.807, 2.05) is 38.1 Å². The van der Waals surface area contributed by atoms with Crippen molar-refractivity contribution >= 4 is 12.2 Å². The van der Waals surface area contributed by atoms with E-state index in [1.165, 1.54) is 5.56 Å². The molecule has 0 bridgehead atoms. The van der Waals surface area contributed by atoms with Crippen molar-refractivity contribution in [3.63, 3.8) is 0 Å². The highest BCUT2D eigenvalue weighted by atomic mass is 16.5. The minimum absolute atomic E-state index is 0.878. The Morgan fingerprint density at radius 1 is 0.889 bits per heavy atom. The quantitative estimate of drug-likeness (QED) is 0.811. The molecule has 2 heteroatoms. The minimum atomic E-state index is 0.878. The molecular weight excluding hydrogens is 222 g/mol. The molecule has 2 aromatic rings. The van der Waals surface area contributed by atoms with Crippen LogP contribution in [0, 0.1) is 13.8 Å². The average molecular weight is 239 g/mol. The Morgan fingerprint density at radius 3 is 2.00 bits per heavy atom. The van der Waals surface area contributed by atoms with Gasteiger partial charge in [-0.05, 0) is 49.2 Å². The summed E-state index contributed by atoms with van der Waals surface area (Å²) >= 11 is 0. The summed E-state index contributed by atoms with van der Waals surface area (Å²) in [5.41, 5.74) is 4.42. The maximum absolute atomic E-state index is 5.13. The zero-order chi connectivity index (χ0) is 13.0. The van der Waals surface area contributed by atoms with Crippen LogP contribution >= 0.6 is 0 Å². The fourth-order valence-electron chi connectivity index (χ4n) is 1.87. The average Bonchev–Trinajstić information content (AvgIpc) is 2.36. The Morgan fingerprint density at radius 2 is 1.44 bits per heavy atom. The first-order chi connectivity index (χ1) is 8.67. The molecule has 1 aromatic carbocycles. The summed E-state index contributed by atoms with van der Waals surface area (Å²) in [5, 5.41) is 0. The molecule has 92 valence electrons. The number of rotatable bonds is 3. The third-order valence-electron chi connectivity index (χ3n) is 2.69. The molecule has 0 aliphatic carbocycles. The largest absolute Gasteiger partial charge is 0.497 e. The summed E-state index contributed by atoms with van der Waals surface area (Å²) in [4.78, 5) is 4.36. The van der Waals surface area contributed by atoms with Gasteiger partial charge in [-0.25, -0.2) is 0 Å². The molecule has 0 atom stereocenters. The molecule has 0 unspecified atom stereocenters. The molecule has 1 aromatic heterocycles. The lowest BCUT2D eigenvalue weighted by molar-refractivity contribution is 0.415. The number of methoxy groups -OCH3 is 1. The number of aryl methyl sites for hydroxylation is 2. The Balaban J connectivity index is 2.18. The zero-order valence-corrected chi connectivity index (χ0v) is 11.0. The summed E-state index contributed by atoms with van der Waals surface area (Å²) in [6.45, 7) is 4.02. The van der Waals surface area contributed by atoms with Gasteiger partial charge in [-0.2, -0.15) is 0 Å². The van der Waals surface area contributed by atoms with Gasteiger partial charge in [0, 0.05) is 11.4 Å². The van der Waals surface area contributed by atoms with Gasteiger partial charge < -0.3 is 4.74 Å². The van der Waals surface area contributed by atoms with E-state index in [4.69, 9.17) is 4.74 Å². The van der Waals surface area contributed by atoms with Gasteiger partial charge in [0.05, 0.1) is 7.11 Å². The highest BCUT2D eigenvalue weighted by molar-refractivity contribution is 5.70. The van der Waals surface area contributed by atoms with Crippen LogP contribution in [0.3, 0.4) is 0 Å². The van der Waals surface area contributed by atoms with Crippen molar-refractivity contribution in [1.82, 2.24) is 4.98 Å². The standard InChI is InChI=1S/C16H17NO/c1-12-10-15(11-13(2)17-12)5-4-14-6-8-16(18-3)9-7-14/h4-11H,1-3H3/b5-4+. The molecule has 0 radical (unpaired) electrons. The first kappa shape index (κ1) is 12.4. The van der Waals surface area contributed by atoms with Crippen LogP contribution in [0.4, 0.5) is 0 Å². The first-order valence-electron chi connectivity index (χ1n) is 5.95. The van der Waals surface area contributed by atoms with Crippen LogP contribution in [-0.2, 0) is 0 Å². The van der Waals surface area contributed by atoms with Gasteiger partial charge in [0.1, 0.15) is 5.75 Å². The van der Waals surface area contributed by atoms with Crippen molar-refractivity contribution in [2.75, 3.05) is 7.11 Å². The van der Waals surface area contributed by atoms with E-state index in [0.717, 1.165) is 22.7 Å². The van der Waals surface area contributed by atoms with Crippen molar-refractivity contribution in [2.24, 2.45) is 0 Å². The molecule has 0 amide bonds. The zero-order valence-electron chi connectivity index (χ0n) is 11.0. The van der Waals surface area contributed by atoms with Gasteiger partial charge in [-0.1, -0.05) is 24.3 Å². The van der Waals surface area contributed by atoms with E-state index >= 15 is 0 Å². The summed E-state index contributed by atoms with van der Waals surface area (Å²) in [5.74, 6) is 0.878. The van der Waals surface area contributed by atoms with E-state index < -0.39 is 0 Å². The molecule has 0 fully saturated rings. The predicted octanol–water partition coefficient (Wildman–Crippen LogP) is 3.88. The fourth-order valence-corrected chi connectivity index (χ4v) is 1.87. The molecular formula is C16H17NO. The number of hydrogen-bond donors (Lipinski definition) is 0. The van der Waals surface area contributed by atoms with Crippen LogP contribution in [0.5, 0.6) is 5.75 Å². The maximum Gasteiger partial charge on any atom is 0.118 e. The van der Waals surface area contributed by atoms with Crippen LogP contribution in [-0.4, -0.2) is 12.1 Å². The van der Waals surface area contributed by atoms with Crippen LogP contribution in [0.1, 0.15) is 22.5 Å². The van der Waals surface area contributed by atoms with Gasteiger partial charge in [0.2, 0.25) is 0 Å². The summed E-state index contributed by atoms with van der Waals surface area (Å²) in [6, 6.07) is 12.2. The molecule has 0 saturated carbocycles. The number of aromatic nitrogens is 1. The molecule has 0 N–H and O–H groups in total. The van der Waals surface area contributed by atoms with Crippen molar-refractivity contribution < 1.29 is 4.74 Å². The number of hydrogen-bond acceptors (Lipinski definition) is 2. The molecule has 0 spiro atoms. The van der Waals surface area contributed by atoms with Crippen molar-refractivity contribution in [3.05, 3.63) is 58.9 Å². The topological polar surface area (TPSA) is 22.1 Å². The molecule has 1 heterocycles. The van der Waals surface area contributed by atoms with E-state index in [1.54, 1.807) is 7.11 Å². The monoisotopic (exact) mass is 239 g/mol. The van der Waals surface area contributed by atoms with E-state index in [9.17, 15) is 0 Å². The lowest BCUT2D eigenvalue weighted by atomic mass is 10.1. The summed E-state index contributed by atoms with van der Waals surface area (Å²) in [6.07, 6.45) is 4.19. The number of nitrogens with zero attached hydrogens (tertiary/aromatic N) is 1. The van der Waals surface area contributed by atoms with Crippen molar-refractivity contribution in [3.8, 4) is 5.75 Å². The van der Waals surface area contributed by atoms with Crippen molar-refractivity contribution in [1.29, 1.82) is 0 Å². The molecule has 0 aliphatic heterocycles. The minimum Gasteiger partial charge on any atom is -0.497 e. The summed E-state index contributed by atoms with van der Waals surface area (Å²) < 4.78 is 5.13. The molecule has 2 nitrogen and oxygen atoms in total. The molecule has 18 heavy (non-hydrogen) atoms. The normalized spacial score (nSPS) is 10.8. The van der Waals surface area contributed by atoms with E-state index in [0.29, 0.717) is 0 Å². The van der Waals surface area contributed by atoms with Crippen molar-refractivity contribution in [2.45, 2.75) is 13.8 Å². The summed E-state index contributed by atoms with van der Waals surface area (Å²) in [7, 11) is 1.67. The van der Waals surface area contributed by atoms with Gasteiger partial charge in [-0.15, -0.1) is 0 Å². The Bertz CT molecular complexity index is 536. The predicted molar refractivity (Wildman–Crippen MR) is 75.6 cm³/mol. The van der Waals surface area contributed by atoms with E-state index in [-0.39, 0.29) is 0 Å². The lowest BCUT2D eigenvalue weighted by Gasteiger charge is -2.00. The van der Waals surface area contributed by atoms with Crippen LogP contribution in [0.25, 0.3) is 12.2 Å². The third kappa shape index (κ3) is 3.20. The van der Waals surface area contributed by atoms with Gasteiger partial charge in [0.15, 0.2) is 0 Å². The Labute approximate surface area is 108 Å². The maximum atomic E-state index is 5.13. The van der Waals surface area contributed by atoms with Crippen LogP contribution in [0.15, 0.2) is 36.4 Å². The van der Waals surface area contributed by atoms with E-state index in [2.05, 4.69) is 29.3 Å². The molecule has 2 rings (SSSR count). The Hall–Kier alpha value is -2.09. The fraction of sp³-hybridized carbons (Fsp3) is 0.188. The number of benzene rings is 1. The smallest absolute Gasteiger partial charge is 0.118 e. The molecule has 0 aliphatic rings. The highest BCUT2D eigenvalue weighted by Gasteiger charge is 1.94. The number of pyridine rings is 1. The SMILES string of the molecule is COc1ccc(/C=C/c2cc(C)nc(C)c2)cc1. The molecule has 0 saturated heterocycles. The van der Waals surface area contributed by atoms with Crippen LogP contribution < -0.4 is 4.74 Å². The Kier molecular flexibility index (Phi) is 3.78. The third-order valence-corrected chi connectivity index (χ3v) is 2.69. The number of ether oxygens (including phenoxy) is 1. The second kappa shape index (κ2) is 5.50. The van der Waals surface area contributed by atoms with Crippen LogP contribution in [0.2, 0.25) is 0 Å². The second-order valence-electron chi connectivity index (χ2n) is 4.29.